The average molecular weight is 659 g/mol. The second-order valence-corrected chi connectivity index (χ2v) is 22.8. The predicted octanol–water partition coefficient (Wildman–Crippen LogP) is 12.2. The van der Waals surface area contributed by atoms with Gasteiger partial charge in [-0.05, 0) is 51.4 Å². The SMILES string of the molecule is CCCC[N+](CCCC)(CCCC)CCCC.CCCC[N+](CCCC)(CCCC)CCCC.[F][Zn-2]([F])([Cl])[Cl]. The van der Waals surface area contributed by atoms with Crippen molar-refractivity contribution in [1.82, 2.24) is 0 Å². The fourth-order valence-corrected chi connectivity index (χ4v) is 5.29. The third kappa shape index (κ3) is 31.7. The van der Waals surface area contributed by atoms with E-state index in [-0.39, 0.29) is 0 Å². The van der Waals surface area contributed by atoms with E-state index in [1.165, 1.54) is 164 Å². The Morgan fingerprint density at radius 2 is 0.462 bits per heavy atom. The van der Waals surface area contributed by atoms with Gasteiger partial charge in [0, 0.05) is 0 Å². The molecule has 0 bridgehead atoms. The first-order valence-corrected chi connectivity index (χ1v) is 27.3. The van der Waals surface area contributed by atoms with Gasteiger partial charge in [0.15, 0.2) is 0 Å². The number of nitrogens with zero attached hydrogens (tertiary/aromatic N) is 2. The molecule has 0 aromatic heterocycles. The van der Waals surface area contributed by atoms with Crippen LogP contribution in [0.2, 0.25) is 0 Å². The number of rotatable bonds is 24. The summed E-state index contributed by atoms with van der Waals surface area (Å²) in [6, 6.07) is 0. The molecule has 0 rings (SSSR count). The summed E-state index contributed by atoms with van der Waals surface area (Å²) in [5.74, 6) is 0. The van der Waals surface area contributed by atoms with Gasteiger partial charge in [-0.25, -0.2) is 0 Å². The Balaban J connectivity index is -0.000000566. The number of quaternary nitrogens is 2. The van der Waals surface area contributed by atoms with Crippen LogP contribution in [0.5, 0.6) is 0 Å². The Morgan fingerprint density at radius 3 is 0.538 bits per heavy atom. The molecule has 0 aliphatic heterocycles. The minimum atomic E-state index is -5.31. The number of hydrogen-bond donors (Lipinski definition) is 0. The molecule has 0 N–H and O–H groups in total. The summed E-state index contributed by atoms with van der Waals surface area (Å²) < 4.78 is 24.4. The Labute approximate surface area is 258 Å². The molecule has 0 aromatic rings. The molecule has 0 atom stereocenters. The van der Waals surface area contributed by atoms with Gasteiger partial charge in [-0.15, -0.1) is 0 Å². The van der Waals surface area contributed by atoms with Crippen molar-refractivity contribution in [1.29, 1.82) is 0 Å². The monoisotopic (exact) mass is 656 g/mol. The average Bonchev–Trinajstić information content (AvgIpc) is 2.91. The van der Waals surface area contributed by atoms with Gasteiger partial charge in [0.05, 0.1) is 52.4 Å². The molecule has 7 heteroatoms. The van der Waals surface area contributed by atoms with Crippen LogP contribution in [0, 0.1) is 0 Å². The molecule has 0 saturated heterocycles. The van der Waals surface area contributed by atoms with E-state index in [1.807, 2.05) is 0 Å². The molecular weight excluding hydrogens is 587 g/mol. The molecule has 0 spiro atoms. The van der Waals surface area contributed by atoms with E-state index < -0.39 is 13.8 Å². The van der Waals surface area contributed by atoms with Crippen molar-refractivity contribution in [2.24, 2.45) is 0 Å². The van der Waals surface area contributed by atoms with Crippen molar-refractivity contribution in [3.8, 4) is 0 Å². The second kappa shape index (κ2) is 30.4. The summed E-state index contributed by atoms with van der Waals surface area (Å²) in [6.07, 6.45) is 22.1. The Hall–Kier alpha value is 0.983. The predicted molar refractivity (Wildman–Crippen MR) is 173 cm³/mol. The van der Waals surface area contributed by atoms with Gasteiger partial charge in [0.2, 0.25) is 0 Å². The van der Waals surface area contributed by atoms with Crippen molar-refractivity contribution in [3.05, 3.63) is 0 Å². The zero-order valence-electron chi connectivity index (χ0n) is 28.1. The number of unbranched alkanes of at least 4 members (excludes halogenated alkanes) is 8. The van der Waals surface area contributed by atoms with Gasteiger partial charge in [0.25, 0.3) is 0 Å². The molecule has 0 amide bonds. The van der Waals surface area contributed by atoms with Crippen LogP contribution in [0.15, 0.2) is 0 Å². The fourth-order valence-electron chi connectivity index (χ4n) is 5.29. The molecule has 39 heavy (non-hydrogen) atoms. The Bertz CT molecular complexity index is 363. The zero-order chi connectivity index (χ0) is 30.5. The molecule has 0 unspecified atom stereocenters. The minimum absolute atomic E-state index is 1.35. The van der Waals surface area contributed by atoms with Gasteiger partial charge < -0.3 is 8.97 Å². The van der Waals surface area contributed by atoms with Crippen molar-refractivity contribution in [3.63, 3.8) is 0 Å². The molecule has 0 fully saturated rings. The molecule has 0 radical (unpaired) electrons. The third-order valence-electron chi connectivity index (χ3n) is 7.89. The molecule has 0 aromatic carbocycles. The van der Waals surface area contributed by atoms with E-state index in [4.69, 9.17) is 0 Å². The maximum atomic E-state index is 10.8. The summed E-state index contributed by atoms with van der Waals surface area (Å²) in [7, 11) is 8.36. The standard InChI is InChI=1S/2C16H36N.2ClH.2FH.Zn/c2*1-5-9-13-17(14-10-6-2,15-11-7-3)16-12-8-4;;;;;/h2*5-16H2,1-4H3;4*1H;/q2*+1;;;;;+2/p-4. The molecular formula is C32H72Cl2F2N2Zn. The van der Waals surface area contributed by atoms with E-state index in [2.05, 4.69) is 74.8 Å². The normalized spacial score (nSPS) is 12.0. The van der Waals surface area contributed by atoms with Crippen molar-refractivity contribution in [2.75, 3.05) is 52.4 Å². The first-order valence-electron chi connectivity index (χ1n) is 17.3. The van der Waals surface area contributed by atoms with Gasteiger partial charge in [-0.1, -0.05) is 107 Å². The Kier molecular flexibility index (Phi) is 34.7. The zero-order valence-corrected chi connectivity index (χ0v) is 32.6. The van der Waals surface area contributed by atoms with Crippen molar-refractivity contribution in [2.45, 2.75) is 158 Å². The summed E-state index contributed by atoms with van der Waals surface area (Å²) >= 11 is -5.31. The molecule has 240 valence electrons. The topological polar surface area (TPSA) is 0 Å². The van der Waals surface area contributed by atoms with Crippen LogP contribution >= 0.6 is 19.4 Å². The summed E-state index contributed by atoms with van der Waals surface area (Å²) in [5.41, 5.74) is 0. The van der Waals surface area contributed by atoms with E-state index in [9.17, 15) is 6.63 Å². The van der Waals surface area contributed by atoms with Crippen molar-refractivity contribution < 1.29 is 29.4 Å². The van der Waals surface area contributed by atoms with E-state index in [0.717, 1.165) is 0 Å². The molecule has 0 aliphatic rings. The number of hydrogen-bond acceptors (Lipinski definition) is 0. The van der Waals surface area contributed by atoms with Gasteiger partial charge >= 0.3 is 39.8 Å². The first-order chi connectivity index (χ1) is 18.5. The van der Waals surface area contributed by atoms with E-state index >= 15 is 0 Å². The van der Waals surface area contributed by atoms with Gasteiger partial charge in [-0.3, -0.25) is 0 Å². The fraction of sp³-hybridized carbons (Fsp3) is 1.00. The van der Waals surface area contributed by atoms with Crippen LogP contribution < -0.4 is 0 Å². The quantitative estimate of drug-likeness (QED) is 0.0715. The van der Waals surface area contributed by atoms with Crippen LogP contribution in [0.4, 0.5) is 6.63 Å². The molecule has 0 saturated carbocycles. The van der Waals surface area contributed by atoms with Gasteiger partial charge in [0.1, 0.15) is 0 Å². The summed E-state index contributed by atoms with van der Waals surface area (Å²) in [6.45, 7) is 30.0. The molecule has 2 nitrogen and oxygen atoms in total. The van der Waals surface area contributed by atoms with Crippen LogP contribution in [0.3, 0.4) is 0 Å². The van der Waals surface area contributed by atoms with Crippen LogP contribution in [0.25, 0.3) is 0 Å². The third-order valence-corrected chi connectivity index (χ3v) is 7.89. The second-order valence-electron chi connectivity index (χ2n) is 11.9. The Morgan fingerprint density at radius 1 is 0.359 bits per heavy atom. The molecule has 0 aliphatic carbocycles. The number of halogens is 4. The first kappa shape index (κ1) is 44.4. The van der Waals surface area contributed by atoms with Crippen LogP contribution in [-0.4, -0.2) is 61.3 Å². The van der Waals surface area contributed by atoms with Gasteiger partial charge in [-0.2, -0.15) is 0 Å². The van der Waals surface area contributed by atoms with Crippen molar-refractivity contribution >= 4 is 19.4 Å². The van der Waals surface area contributed by atoms with Crippen LogP contribution in [0.1, 0.15) is 158 Å². The molecule has 0 heterocycles. The van der Waals surface area contributed by atoms with Crippen LogP contribution in [-0.2, 0) is 13.8 Å². The van der Waals surface area contributed by atoms with E-state index in [0.29, 0.717) is 0 Å². The summed E-state index contributed by atoms with van der Waals surface area (Å²) in [4.78, 5) is 0. The maximum absolute atomic E-state index is 10.8. The van der Waals surface area contributed by atoms with E-state index in [1.54, 1.807) is 0 Å². The summed E-state index contributed by atoms with van der Waals surface area (Å²) in [5, 5.41) is 0.